The fourth-order valence-corrected chi connectivity index (χ4v) is 5.22. The number of hydrogen-bond acceptors (Lipinski definition) is 5. The Balaban J connectivity index is 2.01. The Kier molecular flexibility index (Phi) is 8.22. The van der Waals surface area contributed by atoms with Gasteiger partial charge < -0.3 is 10.1 Å². The number of nitrogens with one attached hydrogen (secondary N) is 1. The van der Waals surface area contributed by atoms with Crippen molar-refractivity contribution in [2.24, 2.45) is 0 Å². The van der Waals surface area contributed by atoms with Crippen LogP contribution in [0.25, 0.3) is 0 Å². The van der Waals surface area contributed by atoms with Crippen LogP contribution in [0.4, 0.5) is 11.4 Å². The molecular weight excluding hydrogens is 512 g/mol. The molecule has 9 heteroatoms. The molecule has 3 aromatic carbocycles. The van der Waals surface area contributed by atoms with Gasteiger partial charge in [0.15, 0.2) is 0 Å². The highest BCUT2D eigenvalue weighted by Crippen LogP contribution is 2.33. The van der Waals surface area contributed by atoms with Gasteiger partial charge in [0.1, 0.15) is 12.3 Å². The molecule has 0 saturated heterocycles. The van der Waals surface area contributed by atoms with Crippen LogP contribution in [0.15, 0.2) is 87.1 Å². The van der Waals surface area contributed by atoms with Gasteiger partial charge in [-0.15, -0.1) is 11.8 Å². The Labute approximate surface area is 201 Å². The predicted octanol–water partition coefficient (Wildman–Crippen LogP) is 5.40. The number of sulfonamides is 1. The first-order valence-electron chi connectivity index (χ1n) is 9.79. The number of hydrogen-bond donors (Lipinski definition) is 1. The number of thioether (sulfide) groups is 1. The maximum atomic E-state index is 13.6. The molecule has 0 bridgehead atoms. The van der Waals surface area contributed by atoms with Crippen molar-refractivity contribution in [3.63, 3.8) is 0 Å². The largest absolute Gasteiger partial charge is 0.492 e. The second-order valence-corrected chi connectivity index (χ2v) is 10.2. The third-order valence-corrected chi connectivity index (χ3v) is 7.73. The fourth-order valence-electron chi connectivity index (χ4n) is 3.00. The van der Waals surface area contributed by atoms with E-state index in [1.807, 2.05) is 19.2 Å². The number of carbonyl (C=O) groups is 1. The molecular formula is C23H23BrN2O4S2. The summed E-state index contributed by atoms with van der Waals surface area (Å²) in [5, 5.41) is 2.77. The van der Waals surface area contributed by atoms with Gasteiger partial charge in [0.2, 0.25) is 5.91 Å². The molecule has 0 radical (unpaired) electrons. The third kappa shape index (κ3) is 5.65. The number of halogens is 1. The van der Waals surface area contributed by atoms with E-state index >= 15 is 0 Å². The summed E-state index contributed by atoms with van der Waals surface area (Å²) >= 11 is 4.91. The van der Waals surface area contributed by atoms with Gasteiger partial charge >= 0.3 is 0 Å². The van der Waals surface area contributed by atoms with Gasteiger partial charge in [-0.05, 0) is 77.6 Å². The molecule has 3 aromatic rings. The molecule has 0 atom stereocenters. The quantitative estimate of drug-likeness (QED) is 0.371. The van der Waals surface area contributed by atoms with E-state index in [1.165, 1.54) is 11.8 Å². The van der Waals surface area contributed by atoms with Gasteiger partial charge in [-0.1, -0.05) is 24.3 Å². The molecule has 32 heavy (non-hydrogen) atoms. The standard InChI is InChI=1S/C23H23BrN2O4S2/c1-3-30-22-11-7-6-10-21(22)26(16-23(27)25-20-9-5-4-8-19(20)24)32(28,29)18-14-12-17(31-2)13-15-18/h4-15H,3,16H2,1-2H3,(H,25,27). The summed E-state index contributed by atoms with van der Waals surface area (Å²) in [6, 6.07) is 20.5. The summed E-state index contributed by atoms with van der Waals surface area (Å²) in [7, 11) is -4.05. The molecule has 0 aliphatic heterocycles. The summed E-state index contributed by atoms with van der Waals surface area (Å²) < 4.78 is 34.7. The highest BCUT2D eigenvalue weighted by atomic mass is 79.9. The van der Waals surface area contributed by atoms with Gasteiger partial charge in [-0.25, -0.2) is 8.42 Å². The lowest BCUT2D eigenvalue weighted by atomic mass is 10.3. The lowest BCUT2D eigenvalue weighted by molar-refractivity contribution is -0.114. The van der Waals surface area contributed by atoms with Crippen molar-refractivity contribution in [3.8, 4) is 5.75 Å². The highest BCUT2D eigenvalue weighted by Gasteiger charge is 2.29. The van der Waals surface area contributed by atoms with E-state index in [-0.39, 0.29) is 4.90 Å². The summed E-state index contributed by atoms with van der Waals surface area (Å²) in [5.74, 6) is -0.0967. The van der Waals surface area contributed by atoms with Crippen molar-refractivity contribution < 1.29 is 17.9 Å². The van der Waals surface area contributed by atoms with Crippen LogP contribution in [0.2, 0.25) is 0 Å². The molecule has 0 unspecified atom stereocenters. The minimum atomic E-state index is -4.05. The van der Waals surface area contributed by atoms with E-state index in [4.69, 9.17) is 4.74 Å². The Morgan fingerprint density at radius 2 is 1.69 bits per heavy atom. The van der Waals surface area contributed by atoms with Gasteiger partial charge in [-0.3, -0.25) is 9.10 Å². The van der Waals surface area contributed by atoms with Gasteiger partial charge in [0.25, 0.3) is 10.0 Å². The molecule has 0 saturated carbocycles. The summed E-state index contributed by atoms with van der Waals surface area (Å²) in [6.45, 7) is 1.75. The zero-order valence-corrected chi connectivity index (χ0v) is 20.8. The monoisotopic (exact) mass is 534 g/mol. The molecule has 0 fully saturated rings. The average Bonchev–Trinajstić information content (AvgIpc) is 2.80. The van der Waals surface area contributed by atoms with Crippen molar-refractivity contribution in [1.82, 2.24) is 0 Å². The predicted molar refractivity (Wildman–Crippen MR) is 133 cm³/mol. The maximum absolute atomic E-state index is 13.6. The Morgan fingerprint density at radius 3 is 2.34 bits per heavy atom. The molecule has 1 N–H and O–H groups in total. The van der Waals surface area contributed by atoms with Gasteiger partial charge in [0, 0.05) is 9.37 Å². The second-order valence-electron chi connectivity index (χ2n) is 6.62. The van der Waals surface area contributed by atoms with Crippen LogP contribution in [-0.4, -0.2) is 33.7 Å². The van der Waals surface area contributed by atoms with Crippen LogP contribution < -0.4 is 14.4 Å². The first-order valence-corrected chi connectivity index (χ1v) is 13.3. The van der Waals surface area contributed by atoms with E-state index in [0.717, 1.165) is 9.20 Å². The molecule has 0 aliphatic carbocycles. The van der Waals surface area contributed by atoms with Crippen LogP contribution in [0, 0.1) is 0 Å². The Bertz CT molecular complexity index is 1180. The lowest BCUT2D eigenvalue weighted by Crippen LogP contribution is -2.38. The van der Waals surface area contributed by atoms with Gasteiger partial charge in [0.05, 0.1) is 22.9 Å². The summed E-state index contributed by atoms with van der Waals surface area (Å²) in [6.07, 6.45) is 1.92. The fraction of sp³-hybridized carbons (Fsp3) is 0.174. The van der Waals surface area contributed by atoms with E-state index in [1.54, 1.807) is 66.7 Å². The molecule has 0 heterocycles. The summed E-state index contributed by atoms with van der Waals surface area (Å²) in [4.78, 5) is 13.9. The second kappa shape index (κ2) is 10.9. The van der Waals surface area contributed by atoms with Crippen molar-refractivity contribution in [2.45, 2.75) is 16.7 Å². The minimum absolute atomic E-state index is 0.0929. The van der Waals surface area contributed by atoms with Crippen molar-refractivity contribution in [3.05, 3.63) is 77.3 Å². The van der Waals surface area contributed by atoms with Gasteiger partial charge in [-0.2, -0.15) is 0 Å². The molecule has 0 aliphatic rings. The number of nitrogens with zero attached hydrogens (tertiary/aromatic N) is 1. The highest BCUT2D eigenvalue weighted by molar-refractivity contribution is 9.10. The number of rotatable bonds is 9. The number of benzene rings is 3. The number of ether oxygens (including phenoxy) is 1. The lowest BCUT2D eigenvalue weighted by Gasteiger charge is -2.26. The van der Waals surface area contributed by atoms with E-state index in [2.05, 4.69) is 21.2 Å². The van der Waals surface area contributed by atoms with E-state index < -0.39 is 22.5 Å². The van der Waals surface area contributed by atoms with Crippen molar-refractivity contribution in [2.75, 3.05) is 29.0 Å². The number of carbonyl (C=O) groups excluding carboxylic acids is 1. The topological polar surface area (TPSA) is 75.7 Å². The molecule has 0 spiro atoms. The number of amides is 1. The smallest absolute Gasteiger partial charge is 0.264 e. The van der Waals surface area contributed by atoms with E-state index in [9.17, 15) is 13.2 Å². The average molecular weight is 535 g/mol. The third-order valence-electron chi connectivity index (χ3n) is 4.52. The van der Waals surface area contributed by atoms with E-state index in [0.29, 0.717) is 28.2 Å². The minimum Gasteiger partial charge on any atom is -0.492 e. The van der Waals surface area contributed by atoms with Crippen LogP contribution in [0.5, 0.6) is 5.75 Å². The molecule has 0 aromatic heterocycles. The Hall–Kier alpha value is -2.49. The molecule has 1 amide bonds. The first kappa shape index (κ1) is 24.2. The number of para-hydroxylation sites is 3. The summed E-state index contributed by atoms with van der Waals surface area (Å²) in [5.41, 5.74) is 0.850. The van der Waals surface area contributed by atoms with Crippen molar-refractivity contribution >= 4 is 55.0 Å². The van der Waals surface area contributed by atoms with Crippen LogP contribution in [-0.2, 0) is 14.8 Å². The van der Waals surface area contributed by atoms with Crippen LogP contribution >= 0.6 is 27.7 Å². The van der Waals surface area contributed by atoms with Crippen LogP contribution in [0.1, 0.15) is 6.92 Å². The van der Waals surface area contributed by atoms with Crippen molar-refractivity contribution in [1.29, 1.82) is 0 Å². The SMILES string of the molecule is CCOc1ccccc1N(CC(=O)Nc1ccccc1Br)S(=O)(=O)c1ccc(SC)cc1. The molecule has 6 nitrogen and oxygen atoms in total. The first-order chi connectivity index (χ1) is 15.4. The maximum Gasteiger partial charge on any atom is 0.264 e. The van der Waals surface area contributed by atoms with Crippen LogP contribution in [0.3, 0.4) is 0 Å². The number of anilines is 2. The zero-order chi connectivity index (χ0) is 23.1. The molecule has 168 valence electrons. The molecule has 3 rings (SSSR count). The normalized spacial score (nSPS) is 11.1. The zero-order valence-electron chi connectivity index (χ0n) is 17.6. The Morgan fingerprint density at radius 1 is 1.03 bits per heavy atom.